The van der Waals surface area contributed by atoms with E-state index in [2.05, 4.69) is 75.8 Å². The number of rotatable bonds is 3. The summed E-state index contributed by atoms with van der Waals surface area (Å²) in [5.74, 6) is 15.1. The third kappa shape index (κ3) is 8.35. The molecule has 0 aromatic heterocycles. The van der Waals surface area contributed by atoms with E-state index >= 15 is 0 Å². The van der Waals surface area contributed by atoms with E-state index < -0.39 is 29.9 Å². The molecule has 0 aliphatic heterocycles. The fourth-order valence-corrected chi connectivity index (χ4v) is 2.97. The van der Waals surface area contributed by atoms with Crippen LogP contribution in [-0.4, -0.2) is 12.4 Å². The number of aliphatic imine (C=N–C) groups is 2. The molecule has 2 nitrogen and oxygen atoms in total. The van der Waals surface area contributed by atoms with Gasteiger partial charge in [-0.1, -0.05) is 35.4 Å². The monoisotopic (exact) mass is 539 g/mol. The van der Waals surface area contributed by atoms with Gasteiger partial charge in [-0.05, 0) is 63.8 Å². The maximum atomic E-state index is 5.02. The van der Waals surface area contributed by atoms with Gasteiger partial charge >= 0.3 is 47.3 Å². The molecular weight excluding hydrogens is 519 g/mol. The van der Waals surface area contributed by atoms with E-state index in [1.165, 1.54) is 33.4 Å². The van der Waals surface area contributed by atoms with Gasteiger partial charge in [0.15, 0.2) is 0 Å². The normalized spacial score (nSPS) is 11.0. The molecule has 0 unspecified atom stereocenters. The Balaban J connectivity index is 0.000000765. The van der Waals surface area contributed by atoms with Crippen molar-refractivity contribution in [2.45, 2.75) is 41.5 Å². The van der Waals surface area contributed by atoms with Crippen molar-refractivity contribution in [2.24, 2.45) is 9.98 Å². The third-order valence-corrected chi connectivity index (χ3v) is 3.74. The van der Waals surface area contributed by atoms with Crippen molar-refractivity contribution in [1.29, 1.82) is 0 Å². The van der Waals surface area contributed by atoms with Gasteiger partial charge in [0.25, 0.3) is 0 Å². The number of aryl methyl sites for hydroxylation is 6. The van der Waals surface area contributed by atoms with Gasteiger partial charge in [-0.15, -0.1) is 0 Å². The molecule has 139 valence electrons. The van der Waals surface area contributed by atoms with E-state index in [1.54, 1.807) is 12.4 Å². The van der Waals surface area contributed by atoms with E-state index in [0.29, 0.717) is 0 Å². The first-order chi connectivity index (χ1) is 12.1. The standard InChI is InChI=1S/C20H24N2.3ClH.Nd/c1-13-9-15(3)19(16(4)10-13)21-7-8-22-20-17(5)11-14(2)12-18(20)6;;;;/h7-12H,1-6H3;3*1H;/q;;;;+3/p-3. The molecule has 0 heterocycles. The third-order valence-electron chi connectivity index (χ3n) is 3.74. The van der Waals surface area contributed by atoms with Crippen LogP contribution in [0.4, 0.5) is 11.4 Å². The Labute approximate surface area is 178 Å². The molecule has 2 rings (SSSR count). The van der Waals surface area contributed by atoms with E-state index in [-0.39, 0.29) is 0 Å². The first kappa shape index (κ1) is 24.0. The van der Waals surface area contributed by atoms with Crippen LogP contribution in [0.15, 0.2) is 34.3 Å². The van der Waals surface area contributed by atoms with Crippen LogP contribution in [0.5, 0.6) is 0 Å². The summed E-state index contributed by atoms with van der Waals surface area (Å²) in [6.45, 7) is 12.6. The van der Waals surface area contributed by atoms with Crippen LogP contribution in [0, 0.1) is 71.5 Å². The number of hydrogen-bond acceptors (Lipinski definition) is 2. The minimum absolute atomic E-state index is 1.04. The van der Waals surface area contributed by atoms with Crippen LogP contribution in [0.2, 0.25) is 0 Å². The summed E-state index contributed by atoms with van der Waals surface area (Å²) in [7, 11) is 0. The Kier molecular flexibility index (Phi) is 10.9. The summed E-state index contributed by atoms with van der Waals surface area (Å²) in [6.07, 6.45) is 3.56. The Hall–Kier alpha value is 0.000649. The zero-order valence-electron chi connectivity index (χ0n) is 16.0. The molecule has 0 saturated heterocycles. The first-order valence-electron chi connectivity index (χ1n) is 8.17. The molecule has 0 fully saturated rings. The molecule has 0 aliphatic rings. The van der Waals surface area contributed by atoms with Gasteiger partial charge in [0.2, 0.25) is 0 Å². The summed E-state index contributed by atoms with van der Waals surface area (Å²) < 4.78 is 0. The van der Waals surface area contributed by atoms with E-state index in [0.717, 1.165) is 11.4 Å². The van der Waals surface area contributed by atoms with E-state index in [9.17, 15) is 0 Å². The Morgan fingerprint density at radius 3 is 1.08 bits per heavy atom. The van der Waals surface area contributed by atoms with Crippen LogP contribution in [0.1, 0.15) is 33.4 Å². The molecule has 0 bridgehead atoms. The van der Waals surface area contributed by atoms with Gasteiger partial charge in [0.05, 0.1) is 11.4 Å². The van der Waals surface area contributed by atoms with Gasteiger partial charge in [-0.3, -0.25) is 9.98 Å². The van der Waals surface area contributed by atoms with Crippen molar-refractivity contribution in [3.05, 3.63) is 57.6 Å². The number of benzene rings is 2. The molecule has 0 radical (unpaired) electrons. The quantitative estimate of drug-likeness (QED) is 0.355. The fraction of sp³-hybridized carbons (Fsp3) is 0.300. The van der Waals surface area contributed by atoms with Gasteiger partial charge in [0.1, 0.15) is 0 Å². The van der Waals surface area contributed by atoms with Gasteiger partial charge in [-0.25, -0.2) is 0 Å². The Bertz CT molecular complexity index is 700. The molecule has 6 heteroatoms. The van der Waals surface area contributed by atoms with Crippen molar-refractivity contribution in [2.75, 3.05) is 0 Å². The van der Waals surface area contributed by atoms with Crippen molar-refractivity contribution in [3.63, 3.8) is 0 Å². The summed E-state index contributed by atoms with van der Waals surface area (Å²) in [4.78, 5) is 9.13. The van der Waals surface area contributed by atoms with Crippen molar-refractivity contribution < 1.29 is 29.9 Å². The summed E-state index contributed by atoms with van der Waals surface area (Å²) in [5.41, 5.74) is 9.41. The summed E-state index contributed by atoms with van der Waals surface area (Å²) >= 11 is -2.24. The number of hydrogen-bond donors (Lipinski definition) is 0. The van der Waals surface area contributed by atoms with Crippen LogP contribution < -0.4 is 0 Å². The molecule has 0 spiro atoms. The molecule has 26 heavy (non-hydrogen) atoms. The summed E-state index contributed by atoms with van der Waals surface area (Å²) in [5, 5.41) is 0. The summed E-state index contributed by atoms with van der Waals surface area (Å²) in [6, 6.07) is 8.63. The first-order valence-corrected chi connectivity index (χ1v) is 20.2. The molecule has 2 aromatic rings. The zero-order chi connectivity index (χ0) is 19.9. The molecule has 0 amide bonds. The maximum absolute atomic E-state index is 5.02. The Morgan fingerprint density at radius 2 is 0.846 bits per heavy atom. The molecule has 0 atom stereocenters. The van der Waals surface area contributed by atoms with Gasteiger partial charge in [0, 0.05) is 12.4 Å². The predicted octanol–water partition coefficient (Wildman–Crippen LogP) is 7.71. The molecular formula is C20H24Cl3N2Nd. The fourth-order valence-electron chi connectivity index (χ4n) is 2.97. The SMILES string of the molecule is Cc1cc(C)c(N=CC=Nc2c(C)cc(C)cc2C)c(C)c1.[Cl][Nd]([Cl])[Cl]. The predicted molar refractivity (Wildman–Crippen MR) is 115 cm³/mol. The van der Waals surface area contributed by atoms with Crippen LogP contribution in [-0.2, 0) is 0 Å². The minimum atomic E-state index is -2.24. The van der Waals surface area contributed by atoms with Crippen LogP contribution in [0.3, 0.4) is 0 Å². The van der Waals surface area contributed by atoms with Crippen molar-refractivity contribution in [1.82, 2.24) is 0 Å². The molecule has 0 aliphatic carbocycles. The second-order valence-electron chi connectivity index (χ2n) is 6.27. The van der Waals surface area contributed by atoms with Gasteiger partial charge in [-0.2, -0.15) is 0 Å². The second-order valence-corrected chi connectivity index (χ2v) is 20.4. The van der Waals surface area contributed by atoms with E-state index in [4.69, 9.17) is 17.4 Å². The van der Waals surface area contributed by atoms with Crippen LogP contribution >= 0.6 is 17.4 Å². The van der Waals surface area contributed by atoms with Crippen molar-refractivity contribution in [3.8, 4) is 0 Å². The average Bonchev–Trinajstić information content (AvgIpc) is 2.46. The Morgan fingerprint density at radius 1 is 0.615 bits per heavy atom. The zero-order valence-corrected chi connectivity index (χ0v) is 21.5. The average molecular weight is 543 g/mol. The van der Waals surface area contributed by atoms with Gasteiger partial charge < -0.3 is 0 Å². The number of nitrogens with zero attached hydrogens (tertiary/aromatic N) is 2. The molecule has 0 N–H and O–H groups in total. The van der Waals surface area contributed by atoms with Crippen molar-refractivity contribution >= 4 is 41.2 Å². The molecule has 2 aromatic carbocycles. The number of halogens is 3. The molecule has 0 saturated carbocycles. The van der Waals surface area contributed by atoms with Crippen LogP contribution in [0.25, 0.3) is 0 Å². The topological polar surface area (TPSA) is 24.7 Å². The second kappa shape index (κ2) is 11.8. The van der Waals surface area contributed by atoms with E-state index in [1.807, 2.05) is 0 Å².